The molecule has 21 heavy (non-hydrogen) atoms. The van der Waals surface area contributed by atoms with E-state index >= 15 is 0 Å². The van der Waals surface area contributed by atoms with Gasteiger partial charge in [-0.3, -0.25) is 9.36 Å². The molecular formula is C16H14Cl2O2P. The fourth-order valence-electron chi connectivity index (χ4n) is 1.99. The molecule has 0 spiro atoms. The number of hydrogen-bond acceptors (Lipinski definition) is 2. The van der Waals surface area contributed by atoms with E-state index in [2.05, 4.69) is 0 Å². The van der Waals surface area contributed by atoms with Crippen LogP contribution in [0.15, 0.2) is 42.5 Å². The van der Waals surface area contributed by atoms with E-state index in [0.29, 0.717) is 20.9 Å². The minimum absolute atomic E-state index is 0.0457. The number of rotatable bonds is 4. The fourth-order valence-corrected chi connectivity index (χ4v) is 3.76. The molecule has 0 amide bonds. The predicted molar refractivity (Wildman–Crippen MR) is 88.7 cm³/mol. The van der Waals surface area contributed by atoms with Crippen LogP contribution in [0, 0.1) is 0 Å². The number of carbonyl (C=O) groups is 1. The van der Waals surface area contributed by atoms with Crippen molar-refractivity contribution in [3.05, 3.63) is 63.6 Å². The third-order valence-electron chi connectivity index (χ3n) is 3.04. The van der Waals surface area contributed by atoms with Crippen LogP contribution >= 0.6 is 31.0 Å². The molecule has 1 radical (unpaired) electrons. The molecule has 2 nitrogen and oxygen atoms in total. The summed E-state index contributed by atoms with van der Waals surface area (Å²) in [4.78, 5) is 12.7. The lowest BCUT2D eigenvalue weighted by Crippen LogP contribution is -2.16. The van der Waals surface area contributed by atoms with Gasteiger partial charge in [-0.1, -0.05) is 55.2 Å². The molecule has 0 heterocycles. The SMILES string of the molecule is CC(C)[P](=O)c1ccccc1C(=O)c1c(Cl)cccc1Cl. The first kappa shape index (κ1) is 16.2. The van der Waals surface area contributed by atoms with Crippen molar-refractivity contribution < 1.29 is 9.36 Å². The van der Waals surface area contributed by atoms with Gasteiger partial charge in [0.25, 0.3) is 0 Å². The van der Waals surface area contributed by atoms with E-state index in [4.69, 9.17) is 23.2 Å². The van der Waals surface area contributed by atoms with Crippen LogP contribution in [0.1, 0.15) is 29.8 Å². The summed E-state index contributed by atoms with van der Waals surface area (Å²) in [6.07, 6.45) is 0. The molecule has 0 aliphatic heterocycles. The van der Waals surface area contributed by atoms with Gasteiger partial charge in [0.2, 0.25) is 0 Å². The lowest BCUT2D eigenvalue weighted by Gasteiger charge is -2.12. The predicted octanol–water partition coefficient (Wildman–Crippen LogP) is 5.09. The van der Waals surface area contributed by atoms with Gasteiger partial charge in [-0.15, -0.1) is 0 Å². The standard InChI is InChI=1S/C16H14Cl2O2P/c1-10(2)21(20)14-9-4-3-6-11(14)16(19)15-12(17)7-5-8-13(15)18/h3-10H,1-2H3. The van der Waals surface area contributed by atoms with Gasteiger partial charge in [-0.2, -0.15) is 0 Å². The summed E-state index contributed by atoms with van der Waals surface area (Å²) in [7, 11) is -1.65. The highest BCUT2D eigenvalue weighted by Gasteiger charge is 2.22. The van der Waals surface area contributed by atoms with Gasteiger partial charge in [-0.05, 0) is 24.3 Å². The molecule has 0 N–H and O–H groups in total. The number of halogens is 2. The maximum absolute atomic E-state index is 12.7. The minimum Gasteiger partial charge on any atom is -0.288 e. The molecule has 0 aromatic heterocycles. The summed E-state index contributed by atoms with van der Waals surface area (Å²) in [6.45, 7) is 3.73. The Hall–Kier alpha value is -1.21. The average Bonchev–Trinajstić information content (AvgIpc) is 2.46. The molecule has 1 atom stereocenters. The Balaban J connectivity index is 2.58. The molecule has 0 aliphatic carbocycles. The van der Waals surface area contributed by atoms with E-state index in [1.54, 1.807) is 42.5 Å². The van der Waals surface area contributed by atoms with Crippen LogP contribution in [0.3, 0.4) is 0 Å². The zero-order valence-corrected chi connectivity index (χ0v) is 14.0. The van der Waals surface area contributed by atoms with E-state index in [1.165, 1.54) is 0 Å². The summed E-state index contributed by atoms with van der Waals surface area (Å²) in [5.74, 6) is -0.301. The van der Waals surface area contributed by atoms with Crippen molar-refractivity contribution in [3.63, 3.8) is 0 Å². The molecule has 0 bridgehead atoms. The van der Waals surface area contributed by atoms with Crippen LogP contribution < -0.4 is 5.30 Å². The molecule has 2 aromatic rings. The largest absolute Gasteiger partial charge is 0.288 e. The van der Waals surface area contributed by atoms with Crippen LogP contribution in [0.4, 0.5) is 0 Å². The summed E-state index contributed by atoms with van der Waals surface area (Å²) < 4.78 is 12.4. The van der Waals surface area contributed by atoms with Gasteiger partial charge in [-0.25, -0.2) is 0 Å². The number of ketones is 1. The molecule has 109 valence electrons. The second-order valence-corrected chi connectivity index (χ2v) is 7.84. The Labute approximate surface area is 134 Å². The molecule has 0 saturated heterocycles. The van der Waals surface area contributed by atoms with E-state index in [-0.39, 0.29) is 17.0 Å². The zero-order valence-electron chi connectivity index (χ0n) is 11.6. The van der Waals surface area contributed by atoms with Crippen molar-refractivity contribution in [2.24, 2.45) is 0 Å². The minimum atomic E-state index is -1.65. The third-order valence-corrected chi connectivity index (χ3v) is 5.48. The van der Waals surface area contributed by atoms with Crippen LogP contribution in [0.2, 0.25) is 10.0 Å². The molecule has 1 unspecified atom stereocenters. The highest BCUT2D eigenvalue weighted by atomic mass is 35.5. The zero-order chi connectivity index (χ0) is 15.6. The van der Waals surface area contributed by atoms with Crippen molar-refractivity contribution in [1.82, 2.24) is 0 Å². The third kappa shape index (κ3) is 3.35. The first-order valence-electron chi connectivity index (χ1n) is 6.47. The lowest BCUT2D eigenvalue weighted by atomic mass is 10.0. The van der Waals surface area contributed by atoms with Gasteiger partial charge < -0.3 is 0 Å². The van der Waals surface area contributed by atoms with Crippen molar-refractivity contribution in [1.29, 1.82) is 0 Å². The van der Waals surface area contributed by atoms with Crippen molar-refractivity contribution in [3.8, 4) is 0 Å². The van der Waals surface area contributed by atoms with Gasteiger partial charge in [0.05, 0.1) is 15.6 Å². The van der Waals surface area contributed by atoms with Crippen LogP contribution in [-0.4, -0.2) is 11.4 Å². The van der Waals surface area contributed by atoms with Gasteiger partial charge >= 0.3 is 0 Å². The Morgan fingerprint density at radius 2 is 1.57 bits per heavy atom. The van der Waals surface area contributed by atoms with Crippen LogP contribution in [-0.2, 0) is 4.57 Å². The van der Waals surface area contributed by atoms with Crippen molar-refractivity contribution in [2.75, 3.05) is 0 Å². The number of benzene rings is 2. The van der Waals surface area contributed by atoms with Gasteiger partial charge in [0.15, 0.2) is 5.78 Å². The molecular weight excluding hydrogens is 326 g/mol. The summed E-state index contributed by atoms with van der Waals surface area (Å²) in [5, 5.41) is 1.13. The van der Waals surface area contributed by atoms with Crippen molar-refractivity contribution >= 4 is 42.1 Å². The van der Waals surface area contributed by atoms with Gasteiger partial charge in [0, 0.05) is 16.5 Å². The Morgan fingerprint density at radius 1 is 1.00 bits per heavy atom. The second kappa shape index (κ2) is 6.70. The van der Waals surface area contributed by atoms with E-state index < -0.39 is 7.80 Å². The highest BCUT2D eigenvalue weighted by Crippen LogP contribution is 2.31. The Kier molecular flexibility index (Phi) is 5.16. The lowest BCUT2D eigenvalue weighted by molar-refractivity contribution is 0.104. The molecule has 0 fully saturated rings. The van der Waals surface area contributed by atoms with E-state index in [9.17, 15) is 9.36 Å². The summed E-state index contributed by atoms with van der Waals surface area (Å²) in [6, 6.07) is 11.8. The maximum Gasteiger partial charge on any atom is 0.197 e. The monoisotopic (exact) mass is 339 g/mol. The topological polar surface area (TPSA) is 34.1 Å². The fraction of sp³-hybridized carbons (Fsp3) is 0.188. The van der Waals surface area contributed by atoms with Crippen LogP contribution in [0.25, 0.3) is 0 Å². The maximum atomic E-state index is 12.7. The van der Waals surface area contributed by atoms with Crippen LogP contribution in [0.5, 0.6) is 0 Å². The molecule has 2 aromatic carbocycles. The first-order chi connectivity index (χ1) is 9.93. The quantitative estimate of drug-likeness (QED) is 0.574. The number of hydrogen-bond donors (Lipinski definition) is 0. The average molecular weight is 340 g/mol. The summed E-state index contributed by atoms with van der Waals surface area (Å²) in [5.41, 5.74) is 0.596. The molecule has 2 rings (SSSR count). The highest BCUT2D eigenvalue weighted by molar-refractivity contribution is 7.54. The normalized spacial score (nSPS) is 11.6. The molecule has 5 heteroatoms. The number of carbonyl (C=O) groups excluding carboxylic acids is 1. The Bertz CT molecular complexity index is 691. The molecule has 0 saturated carbocycles. The van der Waals surface area contributed by atoms with Gasteiger partial charge in [0.1, 0.15) is 7.80 Å². The van der Waals surface area contributed by atoms with E-state index in [1.807, 2.05) is 13.8 Å². The van der Waals surface area contributed by atoms with E-state index in [0.717, 1.165) is 0 Å². The molecule has 0 aliphatic rings. The van der Waals surface area contributed by atoms with Crippen molar-refractivity contribution in [2.45, 2.75) is 19.5 Å². The first-order valence-corrected chi connectivity index (χ1v) is 8.56. The second-order valence-electron chi connectivity index (χ2n) is 4.86. The summed E-state index contributed by atoms with van der Waals surface area (Å²) >= 11 is 12.2. The Morgan fingerprint density at radius 3 is 2.14 bits per heavy atom. The smallest absolute Gasteiger partial charge is 0.197 e.